The summed E-state index contributed by atoms with van der Waals surface area (Å²) >= 11 is 0. The topological polar surface area (TPSA) is 101 Å². The normalized spacial score (nSPS) is 19.9. The van der Waals surface area contributed by atoms with E-state index in [2.05, 4.69) is 10.3 Å². The number of nitrogens with one attached hydrogen (secondary N) is 1. The van der Waals surface area contributed by atoms with E-state index in [0.717, 1.165) is 6.20 Å². The lowest BCUT2D eigenvalue weighted by molar-refractivity contribution is -0.115. The molecule has 0 radical (unpaired) electrons. The third-order valence-corrected chi connectivity index (χ3v) is 4.53. The summed E-state index contributed by atoms with van der Waals surface area (Å²) in [4.78, 5) is 28.5. The molecule has 1 aromatic carbocycles. The van der Waals surface area contributed by atoms with E-state index < -0.39 is 36.3 Å². The minimum Gasteiger partial charge on any atom is -0.493 e. The van der Waals surface area contributed by atoms with Crippen LogP contribution in [0.1, 0.15) is 29.9 Å². The smallest absolute Gasteiger partial charge is 0.351 e. The molecule has 9 nitrogen and oxygen atoms in total. The number of anilines is 1. The molecule has 30 heavy (non-hydrogen) atoms. The van der Waals surface area contributed by atoms with Crippen LogP contribution in [0.5, 0.6) is 17.2 Å². The Hall–Kier alpha value is -3.21. The van der Waals surface area contributed by atoms with Gasteiger partial charge in [-0.25, -0.2) is 13.6 Å². The zero-order valence-corrected chi connectivity index (χ0v) is 16.8. The van der Waals surface area contributed by atoms with Crippen molar-refractivity contribution < 1.29 is 32.5 Å². The van der Waals surface area contributed by atoms with E-state index in [4.69, 9.17) is 18.9 Å². The number of methoxy groups -OCH3 is 3. The number of carbonyl (C=O) groups excluding carboxylic acids is 1. The maximum Gasteiger partial charge on any atom is 0.351 e. The average molecular weight is 425 g/mol. The lowest BCUT2D eigenvalue weighted by Gasteiger charge is -2.19. The molecule has 1 saturated heterocycles. The largest absolute Gasteiger partial charge is 0.493 e. The van der Waals surface area contributed by atoms with Gasteiger partial charge in [-0.3, -0.25) is 9.36 Å². The van der Waals surface area contributed by atoms with Crippen LogP contribution in [0, 0.1) is 0 Å². The van der Waals surface area contributed by atoms with Crippen LogP contribution in [-0.4, -0.2) is 48.8 Å². The number of nitrogens with zero attached hydrogens (tertiary/aromatic N) is 2. The van der Waals surface area contributed by atoms with Gasteiger partial charge in [-0.1, -0.05) is 0 Å². The van der Waals surface area contributed by atoms with Gasteiger partial charge in [0.1, 0.15) is 5.82 Å². The minimum atomic E-state index is -3.20. The van der Waals surface area contributed by atoms with Crippen molar-refractivity contribution in [2.45, 2.75) is 31.6 Å². The van der Waals surface area contributed by atoms with Crippen LogP contribution < -0.4 is 25.2 Å². The highest BCUT2D eigenvalue weighted by molar-refractivity contribution is 6.04. The van der Waals surface area contributed by atoms with Crippen molar-refractivity contribution in [1.29, 1.82) is 0 Å². The molecule has 0 aliphatic carbocycles. The summed E-state index contributed by atoms with van der Waals surface area (Å²) in [6, 6.07) is 4.08. The third-order valence-electron chi connectivity index (χ3n) is 4.53. The number of hydrogen-bond donors (Lipinski definition) is 1. The summed E-state index contributed by atoms with van der Waals surface area (Å²) in [7, 11) is 4.24. The first-order valence-electron chi connectivity index (χ1n) is 8.94. The van der Waals surface area contributed by atoms with Crippen LogP contribution in [0.15, 0.2) is 29.2 Å². The van der Waals surface area contributed by atoms with Crippen molar-refractivity contribution in [3.8, 4) is 17.2 Å². The number of amides is 1. The third kappa shape index (κ3) is 4.06. The van der Waals surface area contributed by atoms with E-state index >= 15 is 0 Å². The summed E-state index contributed by atoms with van der Waals surface area (Å²) in [5, 5.41) is 2.44. The van der Waals surface area contributed by atoms with E-state index in [1.165, 1.54) is 46.5 Å². The van der Waals surface area contributed by atoms with E-state index in [1.54, 1.807) is 0 Å². The van der Waals surface area contributed by atoms with Crippen LogP contribution >= 0.6 is 0 Å². The number of aromatic nitrogens is 2. The van der Waals surface area contributed by atoms with Gasteiger partial charge in [0.2, 0.25) is 12.0 Å². The molecule has 0 saturated carbocycles. The Bertz CT molecular complexity index is 985. The van der Waals surface area contributed by atoms with Crippen LogP contribution in [0.25, 0.3) is 0 Å². The number of carbonyl (C=O) groups is 1. The van der Waals surface area contributed by atoms with E-state index in [9.17, 15) is 18.4 Å². The molecule has 1 aliphatic rings. The van der Waals surface area contributed by atoms with Gasteiger partial charge in [-0.05, 0) is 25.1 Å². The SMILES string of the molecule is COc1cc(C(=O)Nc2ccn(C3OC(C)CC3(F)F)c(=O)n2)cc(OC)c1OC. The van der Waals surface area contributed by atoms with E-state index in [-0.39, 0.29) is 22.9 Å². The highest BCUT2D eigenvalue weighted by Gasteiger charge is 2.50. The Morgan fingerprint density at radius 3 is 2.33 bits per heavy atom. The van der Waals surface area contributed by atoms with Crippen LogP contribution in [-0.2, 0) is 4.74 Å². The van der Waals surface area contributed by atoms with Gasteiger partial charge in [0.25, 0.3) is 11.8 Å². The maximum absolute atomic E-state index is 14.0. The molecule has 1 aliphatic heterocycles. The molecule has 1 amide bonds. The molecular formula is C19H21F2N3O6. The molecule has 1 fully saturated rings. The molecule has 3 rings (SSSR count). The Balaban J connectivity index is 1.85. The molecule has 1 N–H and O–H groups in total. The van der Waals surface area contributed by atoms with Gasteiger partial charge in [0, 0.05) is 18.2 Å². The highest BCUT2D eigenvalue weighted by atomic mass is 19.3. The lowest BCUT2D eigenvalue weighted by atomic mass is 10.1. The fourth-order valence-corrected chi connectivity index (χ4v) is 3.18. The quantitative estimate of drug-likeness (QED) is 0.759. The standard InChI is InChI=1S/C19H21F2N3O6/c1-10-9-19(20,21)17(30-10)24-6-5-14(23-18(24)26)22-16(25)11-7-12(27-2)15(29-4)13(8-11)28-3/h5-8,10,17H,9H2,1-4H3,(H,22,23,25,26). The summed E-state index contributed by atoms with van der Waals surface area (Å²) in [5.74, 6) is -3.09. The lowest BCUT2D eigenvalue weighted by Crippen LogP contribution is -2.35. The van der Waals surface area contributed by atoms with Crippen molar-refractivity contribution in [2.75, 3.05) is 26.6 Å². The molecule has 162 valence electrons. The fourth-order valence-electron chi connectivity index (χ4n) is 3.18. The Morgan fingerprint density at radius 2 is 1.87 bits per heavy atom. The Morgan fingerprint density at radius 1 is 1.23 bits per heavy atom. The second-order valence-corrected chi connectivity index (χ2v) is 6.63. The second kappa shape index (κ2) is 8.27. The van der Waals surface area contributed by atoms with Gasteiger partial charge in [0.15, 0.2) is 11.5 Å². The highest BCUT2D eigenvalue weighted by Crippen LogP contribution is 2.41. The van der Waals surface area contributed by atoms with Crippen molar-refractivity contribution in [1.82, 2.24) is 9.55 Å². The number of ether oxygens (including phenoxy) is 4. The Labute approximate surface area is 170 Å². The predicted octanol–water partition coefficient (Wildman–Crippen LogP) is 2.46. The first kappa shape index (κ1) is 21.5. The zero-order valence-electron chi connectivity index (χ0n) is 16.8. The monoisotopic (exact) mass is 425 g/mol. The first-order valence-corrected chi connectivity index (χ1v) is 8.94. The molecule has 2 heterocycles. The molecule has 0 bridgehead atoms. The maximum atomic E-state index is 14.0. The number of hydrogen-bond acceptors (Lipinski definition) is 7. The zero-order chi connectivity index (χ0) is 22.1. The van der Waals surface area contributed by atoms with Gasteiger partial charge in [-0.2, -0.15) is 4.98 Å². The summed E-state index contributed by atoms with van der Waals surface area (Å²) < 4.78 is 49.6. The summed E-state index contributed by atoms with van der Waals surface area (Å²) in [6.07, 6.45) is -1.83. The van der Waals surface area contributed by atoms with Crippen LogP contribution in [0.3, 0.4) is 0 Å². The van der Waals surface area contributed by atoms with Gasteiger partial charge < -0.3 is 24.3 Å². The molecular weight excluding hydrogens is 404 g/mol. The van der Waals surface area contributed by atoms with Crippen LogP contribution in [0.4, 0.5) is 14.6 Å². The molecule has 2 aromatic rings. The fraction of sp³-hybridized carbons (Fsp3) is 0.421. The number of benzene rings is 1. The molecule has 1 aromatic heterocycles. The molecule has 2 atom stereocenters. The van der Waals surface area contributed by atoms with Crippen LogP contribution in [0.2, 0.25) is 0 Å². The van der Waals surface area contributed by atoms with E-state index in [1.807, 2.05) is 0 Å². The van der Waals surface area contributed by atoms with E-state index in [0.29, 0.717) is 10.3 Å². The second-order valence-electron chi connectivity index (χ2n) is 6.63. The van der Waals surface area contributed by atoms with Crippen molar-refractivity contribution in [3.05, 3.63) is 40.4 Å². The Kier molecular flexibility index (Phi) is 5.92. The van der Waals surface area contributed by atoms with Gasteiger partial charge in [0.05, 0.1) is 27.4 Å². The van der Waals surface area contributed by atoms with Crippen molar-refractivity contribution >= 4 is 11.7 Å². The van der Waals surface area contributed by atoms with Gasteiger partial charge in [-0.15, -0.1) is 0 Å². The molecule has 2 unspecified atom stereocenters. The minimum absolute atomic E-state index is 0.107. The molecule has 0 spiro atoms. The van der Waals surface area contributed by atoms with Crippen molar-refractivity contribution in [2.24, 2.45) is 0 Å². The average Bonchev–Trinajstić information content (AvgIpc) is 2.98. The number of rotatable bonds is 6. The predicted molar refractivity (Wildman–Crippen MR) is 102 cm³/mol. The molecule has 11 heteroatoms. The summed E-state index contributed by atoms with van der Waals surface area (Å²) in [5.41, 5.74) is -0.827. The number of alkyl halides is 2. The number of halogens is 2. The van der Waals surface area contributed by atoms with Gasteiger partial charge >= 0.3 is 5.69 Å². The summed E-state index contributed by atoms with van der Waals surface area (Å²) in [6.45, 7) is 1.50. The van der Waals surface area contributed by atoms with Crippen molar-refractivity contribution in [3.63, 3.8) is 0 Å². The first-order chi connectivity index (χ1) is 14.2.